The summed E-state index contributed by atoms with van der Waals surface area (Å²) >= 11 is 0.972. The molecule has 0 fully saturated rings. The Kier molecular flexibility index (Phi) is 6.54. The number of nitrogens with zero attached hydrogens (tertiary/aromatic N) is 5. The van der Waals surface area contributed by atoms with Crippen LogP contribution in [-0.4, -0.2) is 37.7 Å². The normalized spacial score (nSPS) is 10.8. The second-order valence-electron chi connectivity index (χ2n) is 5.68. The Hall–Kier alpha value is -4.00. The van der Waals surface area contributed by atoms with E-state index in [1.54, 1.807) is 24.3 Å². The van der Waals surface area contributed by atoms with E-state index in [0.29, 0.717) is 0 Å². The van der Waals surface area contributed by atoms with Crippen molar-refractivity contribution in [1.82, 2.24) is 14.9 Å². The zero-order valence-electron chi connectivity index (χ0n) is 15.2. The van der Waals surface area contributed by atoms with Crippen molar-refractivity contribution in [2.24, 2.45) is 5.10 Å². The lowest BCUT2D eigenvalue weighted by atomic mass is 10.2. The highest BCUT2D eigenvalue weighted by molar-refractivity contribution is 7.99. The highest BCUT2D eigenvalue weighted by atomic mass is 32.2. The van der Waals surface area contributed by atoms with Gasteiger partial charge >= 0.3 is 0 Å². The van der Waals surface area contributed by atoms with E-state index in [-0.39, 0.29) is 33.8 Å². The maximum Gasteiger partial charge on any atom is 0.292 e. The quantitative estimate of drug-likeness (QED) is 0.162. The summed E-state index contributed by atoms with van der Waals surface area (Å²) in [6, 6.07) is 11.9. The summed E-state index contributed by atoms with van der Waals surface area (Å²) in [6.07, 6.45) is 1.26. The standard InChI is InChI=1S/C17H15FN8O3S/c18-12-6-2-1-5-11(12)9-20-22-16-23-24-17(25(16)19)30-10-15(27)21-13-7-3-4-8-14(13)26(28)29/h1-9H,10,19H2,(H,21,27)(H,22,23)/b20-9+. The largest absolute Gasteiger partial charge is 0.334 e. The lowest BCUT2D eigenvalue weighted by Crippen LogP contribution is -2.17. The molecule has 2 aromatic carbocycles. The first-order valence-corrected chi connectivity index (χ1v) is 9.34. The number of nitro groups is 1. The number of anilines is 2. The fourth-order valence-electron chi connectivity index (χ4n) is 2.25. The topological polar surface area (TPSA) is 153 Å². The van der Waals surface area contributed by atoms with Crippen molar-refractivity contribution in [3.05, 3.63) is 70.0 Å². The number of thioether (sulfide) groups is 1. The minimum atomic E-state index is -0.584. The lowest BCUT2D eigenvalue weighted by molar-refractivity contribution is -0.383. The van der Waals surface area contributed by atoms with E-state index in [0.717, 1.165) is 16.4 Å². The van der Waals surface area contributed by atoms with Gasteiger partial charge in [-0.2, -0.15) is 5.10 Å². The molecule has 3 rings (SSSR count). The Labute approximate surface area is 173 Å². The van der Waals surface area contributed by atoms with Crippen LogP contribution in [0.3, 0.4) is 0 Å². The van der Waals surface area contributed by atoms with Gasteiger partial charge < -0.3 is 11.2 Å². The number of nitrogens with two attached hydrogens (primary N) is 1. The first-order chi connectivity index (χ1) is 14.5. The van der Waals surface area contributed by atoms with Gasteiger partial charge in [0.1, 0.15) is 11.5 Å². The Morgan fingerprint density at radius 2 is 2.00 bits per heavy atom. The van der Waals surface area contributed by atoms with Crippen LogP contribution in [0.15, 0.2) is 58.8 Å². The fourth-order valence-corrected chi connectivity index (χ4v) is 2.90. The first kappa shape index (κ1) is 20.7. The summed E-state index contributed by atoms with van der Waals surface area (Å²) in [5.74, 6) is 4.90. The van der Waals surface area contributed by atoms with Gasteiger partial charge in [-0.05, 0) is 12.1 Å². The molecule has 0 aliphatic carbocycles. The number of nitrogen functional groups attached to an aromatic ring is 1. The maximum absolute atomic E-state index is 13.5. The van der Waals surface area contributed by atoms with Crippen molar-refractivity contribution >= 4 is 41.2 Å². The minimum absolute atomic E-state index is 0.0733. The summed E-state index contributed by atoms with van der Waals surface area (Å²) < 4.78 is 14.6. The Bertz CT molecular complexity index is 1100. The predicted molar refractivity (Wildman–Crippen MR) is 110 cm³/mol. The Morgan fingerprint density at radius 1 is 1.27 bits per heavy atom. The SMILES string of the molecule is Nn1c(N/N=C/c2ccccc2F)nnc1SCC(=O)Nc1ccccc1[N+](=O)[O-]. The van der Waals surface area contributed by atoms with Crippen molar-refractivity contribution in [2.75, 3.05) is 22.3 Å². The van der Waals surface area contributed by atoms with Gasteiger partial charge in [0.2, 0.25) is 11.1 Å². The number of carbonyl (C=O) groups excluding carboxylic acids is 1. The highest BCUT2D eigenvalue weighted by Gasteiger charge is 2.16. The number of benzene rings is 2. The molecule has 1 aromatic heterocycles. The molecule has 0 saturated heterocycles. The highest BCUT2D eigenvalue weighted by Crippen LogP contribution is 2.24. The van der Waals surface area contributed by atoms with Crippen LogP contribution in [0, 0.1) is 15.9 Å². The number of rotatable bonds is 8. The molecule has 0 unspecified atom stereocenters. The molecule has 30 heavy (non-hydrogen) atoms. The van der Waals surface area contributed by atoms with Crippen LogP contribution in [0.5, 0.6) is 0 Å². The molecule has 4 N–H and O–H groups in total. The van der Waals surface area contributed by atoms with E-state index >= 15 is 0 Å². The third-order valence-corrected chi connectivity index (χ3v) is 4.59. The maximum atomic E-state index is 13.5. The van der Waals surface area contributed by atoms with Gasteiger partial charge in [0.15, 0.2) is 0 Å². The smallest absolute Gasteiger partial charge is 0.292 e. The number of carbonyl (C=O) groups is 1. The number of halogens is 1. The third kappa shape index (κ3) is 5.08. The molecule has 0 aliphatic heterocycles. The molecule has 0 aliphatic rings. The van der Waals surface area contributed by atoms with E-state index in [4.69, 9.17) is 5.84 Å². The molecule has 1 amide bonds. The van der Waals surface area contributed by atoms with Crippen molar-refractivity contribution < 1.29 is 14.1 Å². The predicted octanol–water partition coefficient (Wildman–Crippen LogP) is 2.22. The van der Waals surface area contributed by atoms with E-state index in [9.17, 15) is 19.3 Å². The summed E-state index contributed by atoms with van der Waals surface area (Å²) in [5.41, 5.74) is 2.69. The average molecular weight is 430 g/mol. The second-order valence-corrected chi connectivity index (χ2v) is 6.62. The van der Waals surface area contributed by atoms with E-state index in [1.165, 1.54) is 30.5 Å². The van der Waals surface area contributed by atoms with Crippen molar-refractivity contribution in [3.8, 4) is 0 Å². The van der Waals surface area contributed by atoms with Crippen molar-refractivity contribution in [2.45, 2.75) is 5.16 Å². The van der Waals surface area contributed by atoms with Gasteiger partial charge in [-0.3, -0.25) is 14.9 Å². The average Bonchev–Trinajstić information content (AvgIpc) is 3.08. The van der Waals surface area contributed by atoms with E-state index < -0.39 is 16.6 Å². The number of hydrazone groups is 1. The van der Waals surface area contributed by atoms with Crippen LogP contribution < -0.4 is 16.6 Å². The van der Waals surface area contributed by atoms with Gasteiger partial charge in [-0.1, -0.05) is 42.1 Å². The molecule has 0 bridgehead atoms. The molecule has 1 heterocycles. The van der Waals surface area contributed by atoms with Crippen LogP contribution in [-0.2, 0) is 4.79 Å². The van der Waals surface area contributed by atoms with Gasteiger partial charge in [-0.25, -0.2) is 14.5 Å². The number of para-hydroxylation sites is 2. The molecule has 11 nitrogen and oxygen atoms in total. The fraction of sp³-hybridized carbons (Fsp3) is 0.0588. The summed E-state index contributed by atoms with van der Waals surface area (Å²) in [5, 5.41) is 25.2. The van der Waals surface area contributed by atoms with Crippen LogP contribution >= 0.6 is 11.8 Å². The zero-order valence-corrected chi connectivity index (χ0v) is 16.0. The van der Waals surface area contributed by atoms with Crippen LogP contribution in [0.4, 0.5) is 21.7 Å². The second kappa shape index (κ2) is 9.47. The minimum Gasteiger partial charge on any atom is -0.334 e. The van der Waals surface area contributed by atoms with E-state index in [2.05, 4.69) is 26.0 Å². The van der Waals surface area contributed by atoms with E-state index in [1.807, 2.05) is 0 Å². The molecule has 0 saturated carbocycles. The lowest BCUT2D eigenvalue weighted by Gasteiger charge is -2.06. The summed E-state index contributed by atoms with van der Waals surface area (Å²) in [7, 11) is 0. The van der Waals surface area contributed by atoms with Gasteiger partial charge in [-0.15, -0.1) is 10.2 Å². The molecule has 0 radical (unpaired) electrons. The number of nitrogens with one attached hydrogen (secondary N) is 2. The molecular formula is C17H15FN8O3S. The van der Waals surface area contributed by atoms with Crippen LogP contribution in [0.2, 0.25) is 0 Å². The Balaban J connectivity index is 1.57. The van der Waals surface area contributed by atoms with Gasteiger partial charge in [0, 0.05) is 11.6 Å². The van der Waals surface area contributed by atoms with Crippen LogP contribution in [0.1, 0.15) is 5.56 Å². The number of aromatic nitrogens is 3. The van der Waals surface area contributed by atoms with Gasteiger partial charge in [0.05, 0.1) is 16.9 Å². The number of hydrogen-bond donors (Lipinski definition) is 3. The summed E-state index contributed by atoms with van der Waals surface area (Å²) in [4.78, 5) is 22.5. The Morgan fingerprint density at radius 3 is 2.77 bits per heavy atom. The first-order valence-electron chi connectivity index (χ1n) is 8.36. The third-order valence-electron chi connectivity index (χ3n) is 3.65. The molecule has 13 heteroatoms. The van der Waals surface area contributed by atoms with Crippen LogP contribution in [0.25, 0.3) is 0 Å². The molecule has 0 spiro atoms. The number of amides is 1. The molecule has 154 valence electrons. The molecular weight excluding hydrogens is 415 g/mol. The molecule has 3 aromatic rings. The van der Waals surface area contributed by atoms with Crippen molar-refractivity contribution in [1.29, 1.82) is 0 Å². The monoisotopic (exact) mass is 430 g/mol. The van der Waals surface area contributed by atoms with Gasteiger partial charge in [0.25, 0.3) is 11.6 Å². The van der Waals surface area contributed by atoms with Crippen molar-refractivity contribution in [3.63, 3.8) is 0 Å². The molecule has 0 atom stereocenters. The summed E-state index contributed by atoms with van der Waals surface area (Å²) in [6.45, 7) is 0. The number of hydrogen-bond acceptors (Lipinski definition) is 9. The number of nitro benzene ring substituents is 1. The zero-order chi connectivity index (χ0) is 21.5.